The van der Waals surface area contributed by atoms with Crippen LogP contribution in [-0.2, 0) is 9.53 Å². The van der Waals surface area contributed by atoms with Crippen LogP contribution in [0.4, 0.5) is 0 Å². The van der Waals surface area contributed by atoms with Gasteiger partial charge in [0.2, 0.25) is 0 Å². The summed E-state index contributed by atoms with van der Waals surface area (Å²) in [6.45, 7) is 11.0. The average Bonchev–Trinajstić information content (AvgIpc) is 2.80. The predicted octanol–water partition coefficient (Wildman–Crippen LogP) is 2.82. The molecule has 1 saturated carbocycles. The van der Waals surface area contributed by atoms with Gasteiger partial charge in [-0.25, -0.2) is 0 Å². The molecule has 2 unspecified atom stereocenters. The minimum atomic E-state index is -0.461. The van der Waals surface area contributed by atoms with Crippen molar-refractivity contribution in [1.82, 2.24) is 10.2 Å². The maximum atomic E-state index is 12.6. The first-order valence-electron chi connectivity index (χ1n) is 8.59. The van der Waals surface area contributed by atoms with E-state index in [0.29, 0.717) is 18.6 Å². The maximum absolute atomic E-state index is 12.6. The molecule has 21 heavy (non-hydrogen) atoms. The van der Waals surface area contributed by atoms with Crippen LogP contribution in [0.3, 0.4) is 0 Å². The molecule has 124 valence electrons. The smallest absolute Gasteiger partial charge is 0.326 e. The van der Waals surface area contributed by atoms with Crippen LogP contribution in [0.5, 0.6) is 0 Å². The first-order valence-corrected chi connectivity index (χ1v) is 8.59. The van der Waals surface area contributed by atoms with Gasteiger partial charge >= 0.3 is 5.97 Å². The normalized spacial score (nSPS) is 25.8. The summed E-state index contributed by atoms with van der Waals surface area (Å²) < 4.78 is 5.40. The van der Waals surface area contributed by atoms with Gasteiger partial charge in [0.1, 0.15) is 5.54 Å². The summed E-state index contributed by atoms with van der Waals surface area (Å²) in [6, 6.07) is 0.295. The van der Waals surface area contributed by atoms with Crippen molar-refractivity contribution in [3.05, 3.63) is 0 Å². The minimum Gasteiger partial charge on any atom is -0.465 e. The summed E-state index contributed by atoms with van der Waals surface area (Å²) in [5.74, 6) is 0.345. The summed E-state index contributed by atoms with van der Waals surface area (Å²) in [7, 11) is 2.17. The van der Waals surface area contributed by atoms with Gasteiger partial charge in [-0.2, -0.15) is 0 Å². The van der Waals surface area contributed by atoms with Gasteiger partial charge in [-0.05, 0) is 72.5 Å². The lowest BCUT2D eigenvalue weighted by Gasteiger charge is -2.36. The van der Waals surface area contributed by atoms with Crippen LogP contribution in [0, 0.1) is 5.92 Å². The maximum Gasteiger partial charge on any atom is 0.326 e. The molecule has 1 N–H and O–H groups in total. The molecule has 0 heterocycles. The molecule has 0 spiro atoms. The molecule has 0 aromatic rings. The van der Waals surface area contributed by atoms with Gasteiger partial charge in [0.05, 0.1) is 6.61 Å². The standard InChI is InChI=1S/C17H34N2O2/c1-6-12-19(5)13-10-15-9-8-11-17(15,18-14(3)4)16(20)21-7-2/h14-15,18H,6-13H2,1-5H3. The highest BCUT2D eigenvalue weighted by atomic mass is 16.5. The summed E-state index contributed by atoms with van der Waals surface area (Å²) in [5.41, 5.74) is -0.461. The van der Waals surface area contributed by atoms with Gasteiger partial charge in [-0.1, -0.05) is 13.3 Å². The molecule has 0 aromatic heterocycles. The van der Waals surface area contributed by atoms with Crippen molar-refractivity contribution in [2.75, 3.05) is 26.7 Å². The fourth-order valence-corrected chi connectivity index (χ4v) is 3.63. The molecule has 0 amide bonds. The first kappa shape index (κ1) is 18.4. The molecule has 1 aliphatic rings. The van der Waals surface area contributed by atoms with Crippen molar-refractivity contribution in [1.29, 1.82) is 0 Å². The number of ether oxygens (including phenoxy) is 1. The van der Waals surface area contributed by atoms with Crippen LogP contribution in [-0.4, -0.2) is 49.2 Å². The van der Waals surface area contributed by atoms with E-state index in [1.807, 2.05) is 6.92 Å². The molecule has 0 aromatic carbocycles. The fourth-order valence-electron chi connectivity index (χ4n) is 3.63. The number of hydrogen-bond acceptors (Lipinski definition) is 4. The summed E-state index contributed by atoms with van der Waals surface area (Å²) in [5, 5.41) is 3.55. The lowest BCUT2D eigenvalue weighted by atomic mass is 9.83. The molecular formula is C17H34N2O2. The van der Waals surface area contributed by atoms with E-state index in [2.05, 4.69) is 38.0 Å². The van der Waals surface area contributed by atoms with Crippen LogP contribution in [0.2, 0.25) is 0 Å². The lowest BCUT2D eigenvalue weighted by molar-refractivity contribution is -0.153. The topological polar surface area (TPSA) is 41.6 Å². The van der Waals surface area contributed by atoms with Gasteiger partial charge in [0.15, 0.2) is 0 Å². The minimum absolute atomic E-state index is 0.0423. The average molecular weight is 298 g/mol. The number of rotatable bonds is 9. The van der Waals surface area contributed by atoms with Crippen molar-refractivity contribution in [3.8, 4) is 0 Å². The molecule has 0 aliphatic heterocycles. The van der Waals surface area contributed by atoms with Gasteiger partial charge < -0.3 is 9.64 Å². The molecule has 1 fully saturated rings. The van der Waals surface area contributed by atoms with Crippen molar-refractivity contribution < 1.29 is 9.53 Å². The molecule has 0 bridgehead atoms. The zero-order valence-corrected chi connectivity index (χ0v) is 14.6. The van der Waals surface area contributed by atoms with Crippen LogP contribution in [0.25, 0.3) is 0 Å². The second kappa shape index (κ2) is 8.74. The zero-order chi connectivity index (χ0) is 15.9. The van der Waals surface area contributed by atoms with Gasteiger partial charge in [-0.15, -0.1) is 0 Å². The van der Waals surface area contributed by atoms with Crippen LogP contribution < -0.4 is 5.32 Å². The van der Waals surface area contributed by atoms with E-state index in [9.17, 15) is 4.79 Å². The summed E-state index contributed by atoms with van der Waals surface area (Å²) >= 11 is 0. The van der Waals surface area contributed by atoms with Gasteiger partial charge in [0, 0.05) is 6.04 Å². The van der Waals surface area contributed by atoms with Crippen LogP contribution >= 0.6 is 0 Å². The molecule has 0 saturated heterocycles. The number of carbonyl (C=O) groups is 1. The Kier molecular flexibility index (Phi) is 7.67. The first-order chi connectivity index (χ1) is 9.96. The molecule has 2 atom stereocenters. The monoisotopic (exact) mass is 298 g/mol. The van der Waals surface area contributed by atoms with E-state index < -0.39 is 5.54 Å². The third kappa shape index (κ3) is 4.96. The van der Waals surface area contributed by atoms with E-state index in [1.165, 1.54) is 6.42 Å². The molecule has 0 radical (unpaired) electrons. The van der Waals surface area contributed by atoms with Crippen molar-refractivity contribution >= 4 is 5.97 Å². The second-order valence-electron chi connectivity index (χ2n) is 6.67. The number of esters is 1. The summed E-state index contributed by atoms with van der Waals surface area (Å²) in [4.78, 5) is 14.9. The quantitative estimate of drug-likeness (QED) is 0.665. The SMILES string of the molecule is CCCN(C)CCC1CCCC1(NC(C)C)C(=O)OCC. The van der Waals surface area contributed by atoms with Crippen LogP contribution in [0.15, 0.2) is 0 Å². The Morgan fingerprint density at radius 3 is 2.67 bits per heavy atom. The number of carbonyl (C=O) groups excluding carboxylic acids is 1. The molecule has 1 rings (SSSR count). The van der Waals surface area contributed by atoms with Crippen molar-refractivity contribution in [2.45, 2.75) is 71.4 Å². The lowest BCUT2D eigenvalue weighted by Crippen LogP contribution is -2.58. The van der Waals surface area contributed by atoms with Crippen molar-refractivity contribution in [3.63, 3.8) is 0 Å². The Morgan fingerprint density at radius 2 is 2.10 bits per heavy atom. The molecule has 4 heteroatoms. The third-order valence-electron chi connectivity index (χ3n) is 4.47. The van der Waals surface area contributed by atoms with E-state index in [-0.39, 0.29) is 5.97 Å². The van der Waals surface area contributed by atoms with E-state index in [1.54, 1.807) is 0 Å². The number of hydrogen-bond donors (Lipinski definition) is 1. The Bertz CT molecular complexity index is 320. The van der Waals surface area contributed by atoms with Crippen LogP contribution in [0.1, 0.15) is 59.8 Å². The Morgan fingerprint density at radius 1 is 1.38 bits per heavy atom. The highest BCUT2D eigenvalue weighted by Gasteiger charge is 2.49. The van der Waals surface area contributed by atoms with E-state index in [4.69, 9.17) is 4.74 Å². The second-order valence-corrected chi connectivity index (χ2v) is 6.67. The molecule has 4 nitrogen and oxygen atoms in total. The Hall–Kier alpha value is -0.610. The third-order valence-corrected chi connectivity index (χ3v) is 4.47. The number of nitrogens with zero attached hydrogens (tertiary/aromatic N) is 1. The van der Waals surface area contributed by atoms with E-state index >= 15 is 0 Å². The summed E-state index contributed by atoms with van der Waals surface area (Å²) in [6.07, 6.45) is 5.38. The Balaban J connectivity index is 2.76. The number of nitrogens with one attached hydrogen (secondary N) is 1. The predicted molar refractivity (Wildman–Crippen MR) is 87.4 cm³/mol. The molecular weight excluding hydrogens is 264 g/mol. The largest absolute Gasteiger partial charge is 0.465 e. The Labute approximate surface area is 130 Å². The highest BCUT2D eigenvalue weighted by molar-refractivity contribution is 5.82. The van der Waals surface area contributed by atoms with Gasteiger partial charge in [-0.3, -0.25) is 10.1 Å². The van der Waals surface area contributed by atoms with Crippen molar-refractivity contribution in [2.24, 2.45) is 5.92 Å². The fraction of sp³-hybridized carbons (Fsp3) is 0.941. The van der Waals surface area contributed by atoms with Gasteiger partial charge in [0.25, 0.3) is 0 Å². The zero-order valence-electron chi connectivity index (χ0n) is 14.6. The highest BCUT2D eigenvalue weighted by Crippen LogP contribution is 2.39. The van der Waals surface area contributed by atoms with E-state index in [0.717, 1.165) is 38.8 Å². The molecule has 1 aliphatic carbocycles.